The van der Waals surface area contributed by atoms with Gasteiger partial charge in [0.1, 0.15) is 11.9 Å². The lowest BCUT2D eigenvalue weighted by molar-refractivity contribution is 0.0526. The lowest BCUT2D eigenvalue weighted by atomic mass is 10.1. The molecular formula is C14H18N2O3. The number of carbonyl (C=O) groups is 1. The Kier molecular flexibility index (Phi) is 3.55. The van der Waals surface area contributed by atoms with E-state index in [4.69, 9.17) is 9.47 Å². The Labute approximate surface area is 112 Å². The normalized spacial score (nSPS) is 21.7. The number of amides is 2. The largest absolute Gasteiger partial charge is 0.488 e. The topological polar surface area (TPSA) is 50.8 Å². The standard InChI is InChI=1S/C14H18N2O3/c17-14(16-5-7-18-8-6-16)15-10-12-9-11-3-1-2-4-13(11)19-12/h1-4,12H,5-10H2,(H,15,17). The number of para-hydroxylation sites is 1. The maximum absolute atomic E-state index is 11.9. The number of morpholine rings is 1. The molecule has 0 saturated carbocycles. The first kappa shape index (κ1) is 12.3. The number of ether oxygens (including phenoxy) is 2. The van der Waals surface area contributed by atoms with Crippen LogP contribution in [0, 0.1) is 0 Å². The van der Waals surface area contributed by atoms with Gasteiger partial charge in [-0.2, -0.15) is 0 Å². The van der Waals surface area contributed by atoms with E-state index >= 15 is 0 Å². The average Bonchev–Trinajstić information content (AvgIpc) is 2.88. The Balaban J connectivity index is 1.47. The maximum atomic E-state index is 11.9. The van der Waals surface area contributed by atoms with Gasteiger partial charge in [-0.1, -0.05) is 18.2 Å². The second-order valence-corrected chi connectivity index (χ2v) is 4.84. The fourth-order valence-corrected chi connectivity index (χ4v) is 2.45. The Morgan fingerprint density at radius 3 is 2.89 bits per heavy atom. The zero-order valence-electron chi connectivity index (χ0n) is 10.8. The number of hydrogen-bond donors (Lipinski definition) is 1. The third-order valence-corrected chi connectivity index (χ3v) is 3.49. The van der Waals surface area contributed by atoms with Gasteiger partial charge in [0.05, 0.1) is 19.8 Å². The van der Waals surface area contributed by atoms with E-state index in [1.165, 1.54) is 5.56 Å². The number of urea groups is 1. The van der Waals surface area contributed by atoms with Gasteiger partial charge in [0.2, 0.25) is 0 Å². The highest BCUT2D eigenvalue weighted by molar-refractivity contribution is 5.74. The van der Waals surface area contributed by atoms with Gasteiger partial charge < -0.3 is 19.7 Å². The maximum Gasteiger partial charge on any atom is 0.317 e. The van der Waals surface area contributed by atoms with Crippen LogP contribution in [-0.4, -0.2) is 49.9 Å². The van der Waals surface area contributed by atoms with Crippen molar-refractivity contribution < 1.29 is 14.3 Å². The van der Waals surface area contributed by atoms with Crippen molar-refractivity contribution in [2.45, 2.75) is 12.5 Å². The molecule has 102 valence electrons. The third kappa shape index (κ3) is 2.81. The molecule has 5 nitrogen and oxygen atoms in total. The molecule has 19 heavy (non-hydrogen) atoms. The summed E-state index contributed by atoms with van der Waals surface area (Å²) in [6.45, 7) is 3.12. The lowest BCUT2D eigenvalue weighted by Gasteiger charge is -2.27. The monoisotopic (exact) mass is 262 g/mol. The summed E-state index contributed by atoms with van der Waals surface area (Å²) in [5.41, 5.74) is 1.22. The van der Waals surface area contributed by atoms with Crippen LogP contribution in [0.25, 0.3) is 0 Å². The molecule has 2 heterocycles. The molecule has 5 heteroatoms. The smallest absolute Gasteiger partial charge is 0.317 e. The molecule has 1 unspecified atom stereocenters. The highest BCUT2D eigenvalue weighted by Crippen LogP contribution is 2.27. The molecule has 0 aromatic heterocycles. The number of benzene rings is 1. The molecule has 1 N–H and O–H groups in total. The average molecular weight is 262 g/mol. The minimum Gasteiger partial charge on any atom is -0.488 e. The summed E-state index contributed by atoms with van der Waals surface area (Å²) in [6, 6.07) is 7.99. The zero-order valence-corrected chi connectivity index (χ0v) is 10.8. The van der Waals surface area contributed by atoms with E-state index in [2.05, 4.69) is 11.4 Å². The molecule has 1 fully saturated rings. The van der Waals surface area contributed by atoms with Gasteiger partial charge in [0, 0.05) is 19.5 Å². The predicted octanol–water partition coefficient (Wildman–Crippen LogP) is 1.03. The van der Waals surface area contributed by atoms with Gasteiger partial charge in [-0.15, -0.1) is 0 Å². The van der Waals surface area contributed by atoms with Crippen molar-refractivity contribution in [3.8, 4) is 5.75 Å². The number of fused-ring (bicyclic) bond motifs is 1. The second-order valence-electron chi connectivity index (χ2n) is 4.84. The molecule has 2 aliphatic rings. The van der Waals surface area contributed by atoms with Gasteiger partial charge in [0.15, 0.2) is 0 Å². The lowest BCUT2D eigenvalue weighted by Crippen LogP contribution is -2.48. The minimum absolute atomic E-state index is 0.0251. The van der Waals surface area contributed by atoms with Crippen LogP contribution in [0.4, 0.5) is 4.79 Å². The molecule has 3 rings (SSSR count). The van der Waals surface area contributed by atoms with E-state index in [1.54, 1.807) is 4.90 Å². The first-order valence-electron chi connectivity index (χ1n) is 6.68. The van der Waals surface area contributed by atoms with Gasteiger partial charge in [-0.25, -0.2) is 4.79 Å². The summed E-state index contributed by atoms with van der Waals surface area (Å²) in [7, 11) is 0. The molecule has 2 aliphatic heterocycles. The molecule has 0 bridgehead atoms. The highest BCUT2D eigenvalue weighted by atomic mass is 16.5. The van der Waals surface area contributed by atoms with E-state index in [-0.39, 0.29) is 12.1 Å². The van der Waals surface area contributed by atoms with E-state index in [0.717, 1.165) is 12.2 Å². The zero-order chi connectivity index (χ0) is 13.1. The van der Waals surface area contributed by atoms with E-state index in [1.807, 2.05) is 18.2 Å². The van der Waals surface area contributed by atoms with Crippen molar-refractivity contribution in [1.82, 2.24) is 10.2 Å². The fraction of sp³-hybridized carbons (Fsp3) is 0.500. The molecule has 1 aromatic carbocycles. The summed E-state index contributed by atoms with van der Waals surface area (Å²) in [5.74, 6) is 0.938. The number of hydrogen-bond acceptors (Lipinski definition) is 3. The molecule has 0 radical (unpaired) electrons. The summed E-state index contributed by atoms with van der Waals surface area (Å²) >= 11 is 0. The van der Waals surface area contributed by atoms with Gasteiger partial charge in [-0.3, -0.25) is 0 Å². The number of nitrogens with zero attached hydrogens (tertiary/aromatic N) is 1. The van der Waals surface area contributed by atoms with Crippen LogP contribution in [0.3, 0.4) is 0 Å². The van der Waals surface area contributed by atoms with Crippen molar-refractivity contribution in [3.63, 3.8) is 0 Å². The van der Waals surface area contributed by atoms with Crippen molar-refractivity contribution in [2.75, 3.05) is 32.8 Å². The molecule has 0 aliphatic carbocycles. The van der Waals surface area contributed by atoms with Crippen LogP contribution in [0.2, 0.25) is 0 Å². The number of nitrogens with one attached hydrogen (secondary N) is 1. The van der Waals surface area contributed by atoms with Crippen LogP contribution in [0.1, 0.15) is 5.56 Å². The Morgan fingerprint density at radius 1 is 1.32 bits per heavy atom. The second kappa shape index (κ2) is 5.48. The number of carbonyl (C=O) groups excluding carboxylic acids is 1. The quantitative estimate of drug-likeness (QED) is 0.866. The number of rotatable bonds is 2. The molecule has 1 aromatic rings. The van der Waals surface area contributed by atoms with Crippen LogP contribution < -0.4 is 10.1 Å². The summed E-state index contributed by atoms with van der Waals surface area (Å²) in [4.78, 5) is 13.7. The molecule has 0 spiro atoms. The molecular weight excluding hydrogens is 244 g/mol. The summed E-state index contributed by atoms with van der Waals surface area (Å²) in [5, 5.41) is 2.94. The van der Waals surface area contributed by atoms with Crippen LogP contribution in [0.15, 0.2) is 24.3 Å². The molecule has 2 amide bonds. The SMILES string of the molecule is O=C(NCC1Cc2ccccc2O1)N1CCOCC1. The van der Waals surface area contributed by atoms with Gasteiger partial charge >= 0.3 is 6.03 Å². The third-order valence-electron chi connectivity index (χ3n) is 3.49. The molecule has 1 saturated heterocycles. The van der Waals surface area contributed by atoms with Crippen LogP contribution in [0.5, 0.6) is 5.75 Å². The van der Waals surface area contributed by atoms with Gasteiger partial charge in [-0.05, 0) is 11.6 Å². The molecule has 1 atom stereocenters. The van der Waals surface area contributed by atoms with Crippen LogP contribution >= 0.6 is 0 Å². The van der Waals surface area contributed by atoms with Crippen molar-refractivity contribution >= 4 is 6.03 Å². The Hall–Kier alpha value is -1.75. The Morgan fingerprint density at radius 2 is 2.11 bits per heavy atom. The van der Waals surface area contributed by atoms with E-state index < -0.39 is 0 Å². The first-order valence-corrected chi connectivity index (χ1v) is 6.68. The fourth-order valence-electron chi connectivity index (χ4n) is 2.45. The van der Waals surface area contributed by atoms with Crippen molar-refractivity contribution in [1.29, 1.82) is 0 Å². The Bertz CT molecular complexity index is 433. The predicted molar refractivity (Wildman–Crippen MR) is 70.4 cm³/mol. The van der Waals surface area contributed by atoms with E-state index in [0.29, 0.717) is 32.8 Å². The van der Waals surface area contributed by atoms with E-state index in [9.17, 15) is 4.79 Å². The van der Waals surface area contributed by atoms with Crippen molar-refractivity contribution in [3.05, 3.63) is 29.8 Å². The van der Waals surface area contributed by atoms with Gasteiger partial charge in [0.25, 0.3) is 0 Å². The minimum atomic E-state index is -0.0251. The van der Waals surface area contributed by atoms with Crippen molar-refractivity contribution in [2.24, 2.45) is 0 Å². The summed E-state index contributed by atoms with van der Waals surface area (Å²) < 4.78 is 11.0. The first-order chi connectivity index (χ1) is 9.33. The summed E-state index contributed by atoms with van der Waals surface area (Å²) in [6.07, 6.45) is 0.905. The van der Waals surface area contributed by atoms with Crippen LogP contribution in [-0.2, 0) is 11.2 Å². The highest BCUT2D eigenvalue weighted by Gasteiger charge is 2.24.